The third-order valence-corrected chi connectivity index (χ3v) is 9.84. The number of fused-ring (bicyclic) bond motifs is 1. The second-order valence-electron chi connectivity index (χ2n) is 13.6. The first-order valence-corrected chi connectivity index (χ1v) is 19.8. The number of ether oxygens (including phenoxy) is 1. The van der Waals surface area contributed by atoms with Crippen LogP contribution in [0.2, 0.25) is 0 Å². The molecule has 59 heavy (non-hydrogen) atoms. The minimum Gasteiger partial charge on any atom is -0.463 e. The highest BCUT2D eigenvalue weighted by atomic mass is 32.2. The summed E-state index contributed by atoms with van der Waals surface area (Å²) in [5, 5.41) is 12.9. The van der Waals surface area contributed by atoms with Gasteiger partial charge in [0.15, 0.2) is 5.82 Å². The van der Waals surface area contributed by atoms with E-state index >= 15 is 0 Å². The lowest BCUT2D eigenvalue weighted by Gasteiger charge is -2.34. The van der Waals surface area contributed by atoms with Crippen LogP contribution in [-0.2, 0) is 33.9 Å². The Morgan fingerprint density at radius 2 is 1.44 bits per heavy atom. The van der Waals surface area contributed by atoms with Crippen LogP contribution in [0.15, 0.2) is 79.3 Å². The number of aromatic nitrogens is 4. The highest BCUT2D eigenvalue weighted by molar-refractivity contribution is 7.83. The van der Waals surface area contributed by atoms with Gasteiger partial charge in [-0.1, -0.05) is 24.3 Å². The molecule has 2 aromatic carbocycles. The minimum absolute atomic E-state index is 0.0778. The molecule has 1 fully saturated rings. The Kier molecular flexibility index (Phi) is 13.4. The third kappa shape index (κ3) is 11.8. The van der Waals surface area contributed by atoms with Crippen LogP contribution in [-0.4, -0.2) is 130 Å². The number of anilines is 3. The number of carbonyl (C=O) groups excluding carboxylic acids is 5. The number of aryl methyl sites for hydroxylation is 2. The molecule has 4 amide bonds. The average Bonchev–Trinajstić information content (AvgIpc) is 3.77. The first kappa shape index (κ1) is 42.1. The second-order valence-corrected chi connectivity index (χ2v) is 14.8. The molecule has 3 aromatic heterocycles. The largest absolute Gasteiger partial charge is 0.463 e. The Balaban J connectivity index is 0.912. The molecule has 1 aliphatic rings. The van der Waals surface area contributed by atoms with Crippen LogP contribution in [0.1, 0.15) is 42.0 Å². The van der Waals surface area contributed by atoms with Crippen molar-refractivity contribution in [3.05, 3.63) is 102 Å². The molecule has 0 aliphatic carbocycles. The molecule has 1 saturated heterocycles. The van der Waals surface area contributed by atoms with Crippen LogP contribution in [0.25, 0.3) is 10.8 Å². The van der Waals surface area contributed by atoms with Gasteiger partial charge in [-0.05, 0) is 41.8 Å². The second kappa shape index (κ2) is 18.8. The lowest BCUT2D eigenvalue weighted by molar-refractivity contribution is -0.142. The Bertz CT molecular complexity index is 2460. The van der Waals surface area contributed by atoms with Crippen LogP contribution in [0, 0.1) is 0 Å². The van der Waals surface area contributed by atoms with Gasteiger partial charge in [0.25, 0.3) is 23.6 Å². The zero-order valence-electron chi connectivity index (χ0n) is 32.2. The first-order valence-electron chi connectivity index (χ1n) is 18.4. The van der Waals surface area contributed by atoms with Gasteiger partial charge in [0.05, 0.1) is 5.69 Å². The van der Waals surface area contributed by atoms with Crippen LogP contribution in [0.5, 0.6) is 0 Å². The van der Waals surface area contributed by atoms with Crippen molar-refractivity contribution < 1.29 is 41.7 Å². The van der Waals surface area contributed by atoms with Gasteiger partial charge in [0.1, 0.15) is 24.5 Å². The number of imidazole rings is 1. The van der Waals surface area contributed by atoms with E-state index in [0.29, 0.717) is 49.7 Å². The Morgan fingerprint density at radius 1 is 0.763 bits per heavy atom. The van der Waals surface area contributed by atoms with Gasteiger partial charge >= 0.3 is 16.3 Å². The molecule has 0 unspecified atom stereocenters. The topological polar surface area (TPSA) is 251 Å². The van der Waals surface area contributed by atoms with Crippen molar-refractivity contribution in [1.82, 2.24) is 38.9 Å². The fourth-order valence-corrected chi connectivity index (χ4v) is 6.52. The maximum absolute atomic E-state index is 13.1. The number of pyridine rings is 1. The predicted molar refractivity (Wildman–Crippen MR) is 216 cm³/mol. The molecule has 0 radical (unpaired) electrons. The van der Waals surface area contributed by atoms with Crippen molar-refractivity contribution in [2.75, 3.05) is 74.9 Å². The van der Waals surface area contributed by atoms with Crippen molar-refractivity contribution >= 4 is 67.9 Å². The number of carbonyl (C=O) groups is 5. The van der Waals surface area contributed by atoms with Gasteiger partial charge in [-0.3, -0.25) is 43.3 Å². The third-order valence-electron chi connectivity index (χ3n) is 9.33. The molecule has 4 heterocycles. The summed E-state index contributed by atoms with van der Waals surface area (Å²) < 4.78 is 39.6. The van der Waals surface area contributed by atoms with Crippen molar-refractivity contribution in [1.29, 1.82) is 0 Å². The number of amides is 4. The maximum Gasteiger partial charge on any atom is 0.333 e. The molecular weight excluding hydrogens is 787 g/mol. The monoisotopic (exact) mass is 829 g/mol. The summed E-state index contributed by atoms with van der Waals surface area (Å²) in [5.41, 5.74) is 1.68. The Morgan fingerprint density at radius 3 is 2.15 bits per heavy atom. The van der Waals surface area contributed by atoms with E-state index in [1.54, 1.807) is 60.0 Å². The number of hydrogen-bond acceptors (Lipinski definition) is 12. The quantitative estimate of drug-likeness (QED) is 0.0608. The zero-order chi connectivity index (χ0) is 42.1. The standard InChI is InChI=1S/C38H43N11O9S/c1-46-23-29(43-36(52)30-19-26-5-3-4-6-27(26)21-40-30)20-31(46)37(53)42-28-9-7-25(8-10-28)35(51)45-32-24-47(2)34(44-32)38(54)39-11-12-48-13-15-49(16-14-48)17-18-58-33(50)22-41-59(55,56)57/h3-10,19-21,23-24,41H,11-18,22H2,1-2H3,(H,39,54)(H,42,53)(H,43,52)(H,45,51)(H,55,56,57). The molecule has 310 valence electrons. The summed E-state index contributed by atoms with van der Waals surface area (Å²) in [7, 11) is -1.14. The van der Waals surface area contributed by atoms with Crippen LogP contribution >= 0.6 is 0 Å². The molecule has 6 rings (SSSR count). The number of piperazine rings is 1. The minimum atomic E-state index is -4.46. The summed E-state index contributed by atoms with van der Waals surface area (Å²) in [4.78, 5) is 76.3. The number of benzene rings is 2. The number of nitrogens with one attached hydrogen (secondary N) is 5. The fourth-order valence-electron chi connectivity index (χ4n) is 6.22. The SMILES string of the molecule is Cn1cc(NC(=O)c2cc3ccccc3cn2)cc1C(=O)Nc1ccc(C(=O)Nc2cn(C)c(C(=O)NCCN3CCN(CCOC(=O)CNS(=O)(=O)O)CC3)n2)cc1. The maximum atomic E-state index is 13.1. The van der Waals surface area contributed by atoms with Gasteiger partial charge in [-0.15, -0.1) is 0 Å². The van der Waals surface area contributed by atoms with E-state index in [9.17, 15) is 32.4 Å². The highest BCUT2D eigenvalue weighted by Gasteiger charge is 2.20. The van der Waals surface area contributed by atoms with Crippen molar-refractivity contribution in [2.24, 2.45) is 14.1 Å². The van der Waals surface area contributed by atoms with E-state index in [1.807, 2.05) is 24.3 Å². The normalized spacial score (nSPS) is 13.5. The van der Waals surface area contributed by atoms with E-state index < -0.39 is 46.4 Å². The highest BCUT2D eigenvalue weighted by Crippen LogP contribution is 2.19. The molecule has 21 heteroatoms. The molecule has 0 atom stereocenters. The fraction of sp³-hybridized carbons (Fsp3) is 0.289. The predicted octanol–water partition coefficient (Wildman–Crippen LogP) is 1.35. The summed E-state index contributed by atoms with van der Waals surface area (Å²) >= 11 is 0. The summed E-state index contributed by atoms with van der Waals surface area (Å²) in [6.07, 6.45) is 4.78. The first-order chi connectivity index (χ1) is 28.2. The lowest BCUT2D eigenvalue weighted by atomic mass is 10.1. The molecule has 5 aromatic rings. The van der Waals surface area contributed by atoms with E-state index in [0.717, 1.165) is 23.9 Å². The van der Waals surface area contributed by atoms with Crippen molar-refractivity contribution in [2.45, 2.75) is 0 Å². The van der Waals surface area contributed by atoms with Crippen LogP contribution in [0.3, 0.4) is 0 Å². The van der Waals surface area contributed by atoms with Crippen LogP contribution < -0.4 is 26.0 Å². The molecule has 0 bridgehead atoms. The average molecular weight is 830 g/mol. The van der Waals surface area contributed by atoms with Gasteiger partial charge in [0.2, 0.25) is 5.82 Å². The Hall–Kier alpha value is -6.52. The summed E-state index contributed by atoms with van der Waals surface area (Å²) in [6.45, 7) is 3.71. The number of esters is 1. The van der Waals surface area contributed by atoms with E-state index in [-0.39, 0.29) is 29.6 Å². The van der Waals surface area contributed by atoms with Gasteiger partial charge < -0.3 is 35.1 Å². The Labute approximate surface area is 338 Å². The van der Waals surface area contributed by atoms with E-state index in [4.69, 9.17) is 9.29 Å². The summed E-state index contributed by atoms with van der Waals surface area (Å²) in [6, 6.07) is 17.1. The van der Waals surface area contributed by atoms with Gasteiger partial charge in [-0.2, -0.15) is 13.1 Å². The van der Waals surface area contributed by atoms with Crippen molar-refractivity contribution in [3.8, 4) is 0 Å². The summed E-state index contributed by atoms with van der Waals surface area (Å²) in [5.74, 6) is -2.23. The van der Waals surface area contributed by atoms with E-state index in [1.165, 1.54) is 22.9 Å². The number of hydrogen-bond donors (Lipinski definition) is 6. The van der Waals surface area contributed by atoms with E-state index in [2.05, 4.69) is 41.0 Å². The lowest BCUT2D eigenvalue weighted by Crippen LogP contribution is -2.49. The number of nitrogens with zero attached hydrogens (tertiary/aromatic N) is 6. The van der Waals surface area contributed by atoms with Crippen molar-refractivity contribution in [3.63, 3.8) is 0 Å². The van der Waals surface area contributed by atoms with Gasteiger partial charge in [-0.25, -0.2) is 4.98 Å². The molecule has 6 N–H and O–H groups in total. The smallest absolute Gasteiger partial charge is 0.333 e. The van der Waals surface area contributed by atoms with Crippen LogP contribution in [0.4, 0.5) is 17.2 Å². The molecule has 0 saturated carbocycles. The molecule has 20 nitrogen and oxygen atoms in total. The molecular formula is C38H43N11O9S. The molecule has 0 spiro atoms. The van der Waals surface area contributed by atoms with Gasteiger partial charge in [0, 0.05) is 95.1 Å². The molecule has 1 aliphatic heterocycles. The number of rotatable bonds is 16. The zero-order valence-corrected chi connectivity index (χ0v) is 33.0.